The zero-order valence-electron chi connectivity index (χ0n) is 24.2. The Bertz CT molecular complexity index is 1600. The van der Waals surface area contributed by atoms with Crippen LogP contribution in [0, 0.1) is 0 Å². The Kier molecular flexibility index (Phi) is 11.4. The van der Waals surface area contributed by atoms with Crippen LogP contribution in [0.4, 0.5) is 0 Å². The summed E-state index contributed by atoms with van der Waals surface area (Å²) in [5.74, 6) is -3.18. The van der Waals surface area contributed by atoms with Crippen molar-refractivity contribution in [1.29, 1.82) is 0 Å². The summed E-state index contributed by atoms with van der Waals surface area (Å²) in [6, 6.07) is 10.9. The monoisotopic (exact) mass is 621 g/mol. The second kappa shape index (κ2) is 15.4. The largest absolute Gasteiger partial charge is 0.480 e. The van der Waals surface area contributed by atoms with Crippen LogP contribution in [0.3, 0.4) is 0 Å². The minimum atomic E-state index is -1.25. The molecule has 0 aliphatic carbocycles. The fraction of sp³-hybridized carbons (Fsp3) is 0.355. The maximum atomic E-state index is 13.7. The predicted molar refractivity (Wildman–Crippen MR) is 172 cm³/mol. The van der Waals surface area contributed by atoms with Crippen molar-refractivity contribution in [1.82, 2.24) is 25.9 Å². The molecule has 0 saturated heterocycles. The molecule has 0 bridgehead atoms. The second-order valence-electron chi connectivity index (χ2n) is 10.7. The zero-order valence-corrected chi connectivity index (χ0v) is 25.1. The van der Waals surface area contributed by atoms with E-state index in [1.54, 1.807) is 6.20 Å². The SMILES string of the molecule is NCCCCC(NC(=O)C(N)Cc1c[nH]c2ccccc12)C(=O)NC(Cc1c[nH]c2ccccc12)C(=O)NC(CS)C(=O)O. The van der Waals surface area contributed by atoms with Crippen molar-refractivity contribution in [2.24, 2.45) is 11.5 Å². The van der Waals surface area contributed by atoms with Crippen LogP contribution in [0.2, 0.25) is 0 Å². The summed E-state index contributed by atoms with van der Waals surface area (Å²) in [7, 11) is 0. The van der Waals surface area contributed by atoms with E-state index in [4.69, 9.17) is 11.5 Å². The topological polar surface area (TPSA) is 208 Å². The van der Waals surface area contributed by atoms with Crippen LogP contribution in [-0.2, 0) is 32.0 Å². The highest BCUT2D eigenvalue weighted by molar-refractivity contribution is 7.80. The molecule has 2 aromatic carbocycles. The van der Waals surface area contributed by atoms with Crippen LogP contribution in [0.5, 0.6) is 0 Å². The van der Waals surface area contributed by atoms with E-state index in [9.17, 15) is 24.3 Å². The number of benzene rings is 2. The number of H-pyrrole nitrogens is 2. The molecule has 12 nitrogen and oxygen atoms in total. The number of aliphatic carboxylic acids is 1. The summed E-state index contributed by atoms with van der Waals surface area (Å²) in [4.78, 5) is 58.2. The van der Waals surface area contributed by atoms with Gasteiger partial charge in [0.15, 0.2) is 0 Å². The molecule has 44 heavy (non-hydrogen) atoms. The van der Waals surface area contributed by atoms with Gasteiger partial charge in [-0.2, -0.15) is 12.6 Å². The standard InChI is InChI=1S/C31H39N7O5S/c32-12-6-5-11-25(36-28(39)22(33)13-18-15-34-23-9-3-1-7-20(18)23)29(40)37-26(30(41)38-27(17-44)31(42)43)14-19-16-35-24-10-4-2-8-21(19)24/h1-4,7-10,15-16,22,25-27,34-35,44H,5-6,11-14,17,32-33H2,(H,36,39)(H,37,40)(H,38,41)(H,42,43). The van der Waals surface area contributed by atoms with Crippen LogP contribution in [0.15, 0.2) is 60.9 Å². The number of rotatable bonds is 16. The third-order valence-electron chi connectivity index (χ3n) is 7.56. The predicted octanol–water partition coefficient (Wildman–Crippen LogP) is 1.36. The van der Waals surface area contributed by atoms with Crippen LogP contribution in [0.1, 0.15) is 30.4 Å². The molecule has 10 N–H and O–H groups in total. The lowest BCUT2D eigenvalue weighted by molar-refractivity contribution is -0.141. The first kappa shape index (κ1) is 32.6. The summed E-state index contributed by atoms with van der Waals surface area (Å²) in [6.45, 7) is 0.411. The Hall–Kier alpha value is -4.33. The molecule has 0 saturated carbocycles. The van der Waals surface area contributed by atoms with Gasteiger partial charge in [0, 0.05) is 46.4 Å². The van der Waals surface area contributed by atoms with Crippen molar-refractivity contribution in [2.45, 2.75) is 56.3 Å². The van der Waals surface area contributed by atoms with Crippen LogP contribution >= 0.6 is 12.6 Å². The van der Waals surface area contributed by atoms with Gasteiger partial charge < -0.3 is 42.5 Å². The van der Waals surface area contributed by atoms with E-state index < -0.39 is 47.9 Å². The van der Waals surface area contributed by atoms with Crippen LogP contribution < -0.4 is 27.4 Å². The minimum Gasteiger partial charge on any atom is -0.480 e. The molecular weight excluding hydrogens is 582 g/mol. The van der Waals surface area contributed by atoms with Gasteiger partial charge in [-0.3, -0.25) is 14.4 Å². The van der Waals surface area contributed by atoms with Gasteiger partial charge in [-0.15, -0.1) is 0 Å². The molecule has 13 heteroatoms. The van der Waals surface area contributed by atoms with Crippen LogP contribution in [-0.4, -0.2) is 75.2 Å². The number of carbonyl (C=O) groups is 4. The Morgan fingerprint density at radius 3 is 1.84 bits per heavy atom. The number of aromatic amines is 2. The summed E-state index contributed by atoms with van der Waals surface area (Å²) in [6.07, 6.45) is 5.32. The Morgan fingerprint density at radius 1 is 0.750 bits per heavy atom. The van der Waals surface area contributed by atoms with Gasteiger partial charge in [0.1, 0.15) is 18.1 Å². The molecule has 3 amide bonds. The average Bonchev–Trinajstić information content (AvgIpc) is 3.62. The van der Waals surface area contributed by atoms with E-state index in [0.29, 0.717) is 19.4 Å². The molecule has 0 fully saturated rings. The van der Waals surface area contributed by atoms with E-state index in [1.165, 1.54) is 0 Å². The van der Waals surface area contributed by atoms with Gasteiger partial charge in [0.2, 0.25) is 17.7 Å². The highest BCUT2D eigenvalue weighted by Gasteiger charge is 2.31. The quantitative estimate of drug-likeness (QED) is 0.0662. The van der Waals surface area contributed by atoms with Crippen molar-refractivity contribution in [3.05, 3.63) is 72.1 Å². The summed E-state index contributed by atoms with van der Waals surface area (Å²) in [5.41, 5.74) is 15.4. The van der Waals surface area contributed by atoms with E-state index in [0.717, 1.165) is 32.9 Å². The third kappa shape index (κ3) is 8.18. The van der Waals surface area contributed by atoms with Gasteiger partial charge in [-0.1, -0.05) is 36.4 Å². The van der Waals surface area contributed by atoms with E-state index in [-0.39, 0.29) is 25.0 Å². The van der Waals surface area contributed by atoms with E-state index in [2.05, 4.69) is 38.5 Å². The Morgan fingerprint density at radius 2 is 1.27 bits per heavy atom. The first-order valence-corrected chi connectivity index (χ1v) is 15.2. The number of thiol groups is 1. The lowest BCUT2D eigenvalue weighted by Crippen LogP contribution is -2.58. The molecule has 4 rings (SSSR count). The lowest BCUT2D eigenvalue weighted by atomic mass is 10.0. The molecule has 2 heterocycles. The molecular formula is C31H39N7O5S. The Balaban J connectivity index is 1.51. The number of nitrogens with one attached hydrogen (secondary N) is 5. The van der Waals surface area contributed by atoms with E-state index >= 15 is 0 Å². The van der Waals surface area contributed by atoms with Gasteiger partial charge in [0.05, 0.1) is 6.04 Å². The number of hydrogen-bond acceptors (Lipinski definition) is 7. The van der Waals surface area contributed by atoms with Crippen LogP contribution in [0.25, 0.3) is 21.8 Å². The van der Waals surface area contributed by atoms with Crippen molar-refractivity contribution < 1.29 is 24.3 Å². The number of carboxylic acids is 1. The van der Waals surface area contributed by atoms with Gasteiger partial charge in [-0.25, -0.2) is 4.79 Å². The van der Waals surface area contributed by atoms with Crippen molar-refractivity contribution in [3.63, 3.8) is 0 Å². The van der Waals surface area contributed by atoms with Gasteiger partial charge in [0.25, 0.3) is 0 Å². The molecule has 234 valence electrons. The molecule has 4 aromatic rings. The second-order valence-corrected chi connectivity index (χ2v) is 11.1. The smallest absolute Gasteiger partial charge is 0.327 e. The highest BCUT2D eigenvalue weighted by atomic mass is 32.1. The zero-order chi connectivity index (χ0) is 31.6. The number of nitrogens with two attached hydrogens (primary N) is 2. The normalized spacial score (nSPS) is 14.1. The Labute approximate surface area is 260 Å². The van der Waals surface area contributed by atoms with E-state index in [1.807, 2.05) is 54.7 Å². The summed E-state index contributed by atoms with van der Waals surface area (Å²) >= 11 is 4.03. The van der Waals surface area contributed by atoms with Gasteiger partial charge in [-0.05, 0) is 55.5 Å². The number of carboxylic acid groups (broad SMARTS) is 1. The highest BCUT2D eigenvalue weighted by Crippen LogP contribution is 2.20. The fourth-order valence-electron chi connectivity index (χ4n) is 5.13. The molecule has 0 aliphatic heterocycles. The lowest BCUT2D eigenvalue weighted by Gasteiger charge is -2.25. The van der Waals surface area contributed by atoms with Crippen molar-refractivity contribution in [2.75, 3.05) is 12.3 Å². The summed E-state index contributed by atoms with van der Waals surface area (Å²) < 4.78 is 0. The maximum absolute atomic E-state index is 13.7. The number of para-hydroxylation sites is 2. The fourth-order valence-corrected chi connectivity index (χ4v) is 5.38. The molecule has 0 radical (unpaired) electrons. The molecule has 4 unspecified atom stereocenters. The number of unbranched alkanes of at least 4 members (excludes halogenated alkanes) is 1. The molecule has 0 aliphatic rings. The first-order chi connectivity index (χ1) is 21.2. The number of carbonyl (C=O) groups excluding carboxylic acids is 3. The van der Waals surface area contributed by atoms with Gasteiger partial charge >= 0.3 is 5.97 Å². The number of fused-ring (bicyclic) bond motifs is 2. The molecule has 2 aromatic heterocycles. The van der Waals surface area contributed by atoms with Crippen molar-refractivity contribution >= 4 is 58.1 Å². The summed E-state index contributed by atoms with van der Waals surface area (Å²) in [5, 5.41) is 19.3. The van der Waals surface area contributed by atoms with Crippen molar-refractivity contribution in [3.8, 4) is 0 Å². The molecule has 4 atom stereocenters. The molecule has 0 spiro atoms. The minimum absolute atomic E-state index is 0.0735. The maximum Gasteiger partial charge on any atom is 0.327 e. The number of amides is 3. The number of aromatic nitrogens is 2. The third-order valence-corrected chi connectivity index (χ3v) is 7.93. The number of hydrogen-bond donors (Lipinski definition) is 9. The average molecular weight is 622 g/mol. The first-order valence-electron chi connectivity index (χ1n) is 14.5.